The van der Waals surface area contributed by atoms with Gasteiger partial charge in [-0.25, -0.2) is 9.97 Å². The molecule has 2 aromatic heterocycles. The Balaban J connectivity index is 1.92. The predicted octanol–water partition coefficient (Wildman–Crippen LogP) is 3.88. The minimum Gasteiger partial charge on any atom is -0.351 e. The van der Waals surface area contributed by atoms with Crippen molar-refractivity contribution in [2.24, 2.45) is 0 Å². The highest BCUT2D eigenvalue weighted by Gasteiger charge is 2.25. The molecular weight excluding hydrogens is 326 g/mol. The van der Waals surface area contributed by atoms with Crippen LogP contribution in [0.5, 0.6) is 0 Å². The maximum absolute atomic E-state index is 12.4. The summed E-state index contributed by atoms with van der Waals surface area (Å²) in [7, 11) is 0. The van der Waals surface area contributed by atoms with Crippen molar-refractivity contribution in [1.82, 2.24) is 15.3 Å². The molecule has 0 aromatic carbocycles. The molecule has 0 saturated heterocycles. The second-order valence-corrected chi connectivity index (χ2v) is 9.53. The molecule has 124 valence electrons. The van der Waals surface area contributed by atoms with Crippen molar-refractivity contribution in [3.8, 4) is 0 Å². The summed E-state index contributed by atoms with van der Waals surface area (Å²) < 4.78 is 0. The van der Waals surface area contributed by atoms with Crippen LogP contribution in [-0.2, 0) is 17.6 Å². The summed E-state index contributed by atoms with van der Waals surface area (Å²) in [5.74, 6) is 0.835. The van der Waals surface area contributed by atoms with Crippen LogP contribution in [0.4, 0.5) is 0 Å². The lowest BCUT2D eigenvalue weighted by atomic mass is 10.1. The molecule has 6 heteroatoms. The van der Waals surface area contributed by atoms with Crippen molar-refractivity contribution < 1.29 is 4.79 Å². The normalized spacial score (nSPS) is 15.7. The number of hydrogen-bond acceptors (Lipinski definition) is 5. The summed E-state index contributed by atoms with van der Waals surface area (Å²) in [5.41, 5.74) is 1.20. The van der Waals surface area contributed by atoms with Gasteiger partial charge in [0.05, 0.1) is 5.25 Å². The van der Waals surface area contributed by atoms with E-state index in [9.17, 15) is 4.79 Å². The maximum Gasteiger partial charge on any atom is 0.233 e. The van der Waals surface area contributed by atoms with E-state index in [0.717, 1.165) is 28.5 Å². The lowest BCUT2D eigenvalue weighted by molar-refractivity contribution is -0.121. The van der Waals surface area contributed by atoms with Gasteiger partial charge in [-0.1, -0.05) is 11.8 Å². The fourth-order valence-electron chi connectivity index (χ4n) is 2.84. The molecule has 1 atom stereocenters. The lowest BCUT2D eigenvalue weighted by Gasteiger charge is -2.23. The Bertz CT molecular complexity index is 761. The van der Waals surface area contributed by atoms with Gasteiger partial charge in [-0.3, -0.25) is 4.79 Å². The molecule has 1 N–H and O–H groups in total. The molecule has 23 heavy (non-hydrogen) atoms. The van der Waals surface area contributed by atoms with Gasteiger partial charge in [0.1, 0.15) is 15.7 Å². The molecule has 2 heterocycles. The third kappa shape index (κ3) is 3.53. The van der Waals surface area contributed by atoms with Crippen LogP contribution in [0.2, 0.25) is 0 Å². The first kappa shape index (κ1) is 16.7. The predicted molar refractivity (Wildman–Crippen MR) is 97.4 cm³/mol. The van der Waals surface area contributed by atoms with E-state index >= 15 is 0 Å². The smallest absolute Gasteiger partial charge is 0.233 e. The third-order valence-corrected chi connectivity index (χ3v) is 6.07. The Morgan fingerprint density at radius 2 is 2.04 bits per heavy atom. The minimum atomic E-state index is -0.216. The van der Waals surface area contributed by atoms with E-state index in [4.69, 9.17) is 0 Å². The summed E-state index contributed by atoms with van der Waals surface area (Å²) in [6.07, 6.45) is 3.48. The zero-order valence-corrected chi connectivity index (χ0v) is 16.0. The van der Waals surface area contributed by atoms with Gasteiger partial charge in [-0.05, 0) is 59.4 Å². The van der Waals surface area contributed by atoms with Crippen LogP contribution in [0.25, 0.3) is 10.2 Å². The zero-order chi connectivity index (χ0) is 16.8. The Morgan fingerprint density at radius 1 is 1.30 bits per heavy atom. The van der Waals surface area contributed by atoms with Crippen LogP contribution in [0, 0.1) is 6.92 Å². The Hall–Kier alpha value is -1.14. The van der Waals surface area contributed by atoms with Gasteiger partial charge in [0.25, 0.3) is 0 Å². The molecule has 1 amide bonds. The van der Waals surface area contributed by atoms with E-state index in [1.807, 2.05) is 34.6 Å². The highest BCUT2D eigenvalue weighted by molar-refractivity contribution is 8.00. The summed E-state index contributed by atoms with van der Waals surface area (Å²) in [6.45, 7) is 9.87. The molecule has 1 aliphatic carbocycles. The molecule has 0 aliphatic heterocycles. The minimum absolute atomic E-state index is 0.0544. The number of thiophene rings is 1. The standard InChI is InChI=1S/C17H23N3OS2/c1-9(14(21)20-17(3,4)5)22-15-13-11-7-6-8-12(11)23-16(13)19-10(2)18-15/h9H,6-8H2,1-5H3,(H,20,21)/t9-/m0/s1. The summed E-state index contributed by atoms with van der Waals surface area (Å²) in [4.78, 5) is 24.2. The second-order valence-electron chi connectivity index (χ2n) is 7.11. The number of nitrogens with one attached hydrogen (secondary N) is 1. The fourth-order valence-corrected chi connectivity index (χ4v) is 5.24. The monoisotopic (exact) mass is 349 g/mol. The van der Waals surface area contributed by atoms with Crippen LogP contribution in [0.3, 0.4) is 0 Å². The van der Waals surface area contributed by atoms with E-state index in [1.54, 1.807) is 23.1 Å². The highest BCUT2D eigenvalue weighted by atomic mass is 32.2. The topological polar surface area (TPSA) is 54.9 Å². The van der Waals surface area contributed by atoms with Gasteiger partial charge >= 0.3 is 0 Å². The molecule has 0 spiro atoms. The third-order valence-electron chi connectivity index (χ3n) is 3.80. The number of rotatable bonds is 3. The van der Waals surface area contributed by atoms with Gasteiger partial charge in [0.2, 0.25) is 5.91 Å². The largest absolute Gasteiger partial charge is 0.351 e. The van der Waals surface area contributed by atoms with Crippen molar-refractivity contribution in [3.63, 3.8) is 0 Å². The molecular formula is C17H23N3OS2. The molecule has 0 bridgehead atoms. The van der Waals surface area contributed by atoms with Crippen molar-refractivity contribution in [3.05, 3.63) is 16.3 Å². The number of carbonyl (C=O) groups is 1. The molecule has 0 radical (unpaired) electrons. The van der Waals surface area contributed by atoms with Crippen molar-refractivity contribution in [2.75, 3.05) is 0 Å². The van der Waals surface area contributed by atoms with Crippen LogP contribution < -0.4 is 5.32 Å². The lowest BCUT2D eigenvalue weighted by Crippen LogP contribution is -2.44. The number of fused-ring (bicyclic) bond motifs is 3. The molecule has 3 rings (SSSR count). The Kier molecular flexibility index (Phi) is 4.40. The van der Waals surface area contributed by atoms with Gasteiger partial charge in [-0.15, -0.1) is 11.3 Å². The number of nitrogens with zero attached hydrogens (tertiary/aromatic N) is 2. The molecule has 0 unspecified atom stereocenters. The van der Waals surface area contributed by atoms with Gasteiger partial charge < -0.3 is 5.32 Å². The van der Waals surface area contributed by atoms with E-state index in [0.29, 0.717) is 0 Å². The van der Waals surface area contributed by atoms with Crippen molar-refractivity contribution >= 4 is 39.2 Å². The first-order valence-corrected chi connectivity index (χ1v) is 9.72. The Labute approximate surface area is 145 Å². The number of thioether (sulfide) groups is 1. The van der Waals surface area contributed by atoms with Gasteiger partial charge in [0.15, 0.2) is 0 Å². The summed E-state index contributed by atoms with van der Waals surface area (Å²) in [5, 5.41) is 5.02. The van der Waals surface area contributed by atoms with Crippen LogP contribution in [0.1, 0.15) is 50.4 Å². The molecule has 1 aliphatic rings. The van der Waals surface area contributed by atoms with Gasteiger partial charge in [-0.2, -0.15) is 0 Å². The maximum atomic E-state index is 12.4. The van der Waals surface area contributed by atoms with Crippen LogP contribution in [0.15, 0.2) is 5.03 Å². The first-order valence-electron chi connectivity index (χ1n) is 8.02. The number of amides is 1. The number of hydrogen-bond donors (Lipinski definition) is 1. The number of carbonyl (C=O) groups excluding carboxylic acids is 1. The van der Waals surface area contributed by atoms with Crippen molar-refractivity contribution in [2.45, 2.75) is 69.7 Å². The quantitative estimate of drug-likeness (QED) is 0.675. The highest BCUT2D eigenvalue weighted by Crippen LogP contribution is 2.41. The Morgan fingerprint density at radius 3 is 2.74 bits per heavy atom. The van der Waals surface area contributed by atoms with Crippen molar-refractivity contribution in [1.29, 1.82) is 0 Å². The average Bonchev–Trinajstić information content (AvgIpc) is 2.95. The van der Waals surface area contributed by atoms with E-state index < -0.39 is 0 Å². The fraction of sp³-hybridized carbons (Fsp3) is 0.588. The SMILES string of the molecule is Cc1nc(S[C@@H](C)C(=O)NC(C)(C)C)c2c3c(sc2n1)CCC3. The number of aromatic nitrogens is 2. The molecule has 0 saturated carbocycles. The molecule has 0 fully saturated rings. The first-order chi connectivity index (χ1) is 10.7. The van der Waals surface area contributed by atoms with Crippen LogP contribution in [-0.4, -0.2) is 26.7 Å². The van der Waals surface area contributed by atoms with Crippen LogP contribution >= 0.6 is 23.1 Å². The molecule has 2 aromatic rings. The average molecular weight is 350 g/mol. The molecule has 4 nitrogen and oxygen atoms in total. The summed E-state index contributed by atoms with van der Waals surface area (Å²) >= 11 is 3.35. The summed E-state index contributed by atoms with van der Waals surface area (Å²) in [6, 6.07) is 0. The van der Waals surface area contributed by atoms with E-state index in [2.05, 4.69) is 15.3 Å². The second kappa shape index (κ2) is 6.06. The van der Waals surface area contributed by atoms with E-state index in [1.165, 1.54) is 22.2 Å². The van der Waals surface area contributed by atoms with E-state index in [-0.39, 0.29) is 16.7 Å². The van der Waals surface area contributed by atoms with Gasteiger partial charge in [0, 0.05) is 15.8 Å². The number of aryl methyl sites for hydroxylation is 3. The zero-order valence-electron chi connectivity index (χ0n) is 14.3.